The molecule has 1 saturated heterocycles. The van der Waals surface area contributed by atoms with Crippen LogP contribution in [0.1, 0.15) is 20.7 Å². The zero-order chi connectivity index (χ0) is 22.4. The van der Waals surface area contributed by atoms with Gasteiger partial charge in [0.2, 0.25) is 0 Å². The summed E-state index contributed by atoms with van der Waals surface area (Å²) >= 11 is 0. The van der Waals surface area contributed by atoms with Crippen LogP contribution in [0.4, 0.5) is 23.0 Å². The maximum absolute atomic E-state index is 12.0. The summed E-state index contributed by atoms with van der Waals surface area (Å²) in [6.07, 6.45) is 1.40. The molecule has 2 aromatic rings. The Bertz CT molecular complexity index is 911. The van der Waals surface area contributed by atoms with Gasteiger partial charge in [-0.1, -0.05) is 0 Å². The number of nitrogens with zero attached hydrogens (tertiary/aromatic N) is 4. The van der Waals surface area contributed by atoms with Crippen LogP contribution in [-0.4, -0.2) is 85.5 Å². The van der Waals surface area contributed by atoms with Crippen LogP contribution in [-0.2, 0) is 9.47 Å². The number of benzene rings is 1. The van der Waals surface area contributed by atoms with E-state index >= 15 is 0 Å². The van der Waals surface area contributed by atoms with E-state index in [9.17, 15) is 9.59 Å². The van der Waals surface area contributed by atoms with E-state index < -0.39 is 11.9 Å². The van der Waals surface area contributed by atoms with Crippen LogP contribution >= 0.6 is 0 Å². The van der Waals surface area contributed by atoms with Crippen molar-refractivity contribution in [3.8, 4) is 0 Å². The van der Waals surface area contributed by atoms with Gasteiger partial charge in [-0.05, 0) is 18.2 Å². The molecular formula is C20H26N6O5. The van der Waals surface area contributed by atoms with Gasteiger partial charge in [-0.2, -0.15) is 0 Å². The third-order valence-electron chi connectivity index (χ3n) is 4.99. The fourth-order valence-electron chi connectivity index (χ4n) is 3.37. The molecule has 11 heteroatoms. The number of aromatic nitrogens is 2. The van der Waals surface area contributed by atoms with Crippen LogP contribution in [0.5, 0.6) is 0 Å². The number of aliphatic hydroxyl groups is 1. The Kier molecular flexibility index (Phi) is 7.21. The monoisotopic (exact) mass is 430 g/mol. The van der Waals surface area contributed by atoms with Crippen LogP contribution in [0.3, 0.4) is 0 Å². The van der Waals surface area contributed by atoms with E-state index in [1.807, 2.05) is 0 Å². The molecule has 2 heterocycles. The average molecular weight is 430 g/mol. The Morgan fingerprint density at radius 2 is 1.68 bits per heavy atom. The molecule has 1 aliphatic rings. The number of carbonyl (C=O) groups excluding carboxylic acids is 2. The highest BCUT2D eigenvalue weighted by atomic mass is 16.5. The highest BCUT2D eigenvalue weighted by Crippen LogP contribution is 2.30. The van der Waals surface area contributed by atoms with E-state index in [-0.39, 0.29) is 17.7 Å². The van der Waals surface area contributed by atoms with Crippen LogP contribution < -0.4 is 16.0 Å². The number of β-amino-alcohol motifs (C(OH)–C–C–N with tert-alkyl or cyclic N) is 1. The zero-order valence-electron chi connectivity index (χ0n) is 17.5. The summed E-state index contributed by atoms with van der Waals surface area (Å²) in [7, 11) is 2.52. The number of methoxy groups -OCH3 is 2. The molecule has 0 spiro atoms. The van der Waals surface area contributed by atoms with Gasteiger partial charge in [0.15, 0.2) is 11.6 Å². The molecule has 0 saturated carbocycles. The number of ether oxygens (including phenoxy) is 2. The number of piperazine rings is 1. The first-order valence-corrected chi connectivity index (χ1v) is 9.74. The van der Waals surface area contributed by atoms with E-state index in [2.05, 4.69) is 25.1 Å². The van der Waals surface area contributed by atoms with E-state index in [1.165, 1.54) is 38.7 Å². The Morgan fingerprint density at radius 1 is 1.06 bits per heavy atom. The molecule has 3 rings (SSSR count). The summed E-state index contributed by atoms with van der Waals surface area (Å²) in [4.78, 5) is 36.8. The second kappa shape index (κ2) is 10.0. The molecule has 4 N–H and O–H groups in total. The number of nitrogens with two attached hydrogens (primary N) is 1. The fourth-order valence-corrected chi connectivity index (χ4v) is 3.37. The molecule has 31 heavy (non-hydrogen) atoms. The second-order valence-electron chi connectivity index (χ2n) is 6.92. The Labute approximate surface area is 179 Å². The van der Waals surface area contributed by atoms with Crippen LogP contribution in [0.25, 0.3) is 0 Å². The van der Waals surface area contributed by atoms with Crippen molar-refractivity contribution in [3.05, 3.63) is 35.7 Å². The lowest BCUT2D eigenvalue weighted by atomic mass is 10.1. The summed E-state index contributed by atoms with van der Waals surface area (Å²) in [5.74, 6) is -0.240. The van der Waals surface area contributed by atoms with Crippen molar-refractivity contribution in [1.29, 1.82) is 0 Å². The summed E-state index contributed by atoms with van der Waals surface area (Å²) in [6, 6.07) is 4.46. The maximum atomic E-state index is 12.0. The normalized spacial score (nSPS) is 14.2. The molecule has 0 unspecified atom stereocenters. The van der Waals surface area contributed by atoms with Gasteiger partial charge in [-0.3, -0.25) is 4.90 Å². The van der Waals surface area contributed by atoms with Gasteiger partial charge in [0.05, 0.1) is 32.0 Å². The fraction of sp³-hybridized carbons (Fsp3) is 0.400. The molecule has 1 aromatic carbocycles. The van der Waals surface area contributed by atoms with Gasteiger partial charge < -0.3 is 30.5 Å². The minimum Gasteiger partial charge on any atom is -0.465 e. The summed E-state index contributed by atoms with van der Waals surface area (Å²) < 4.78 is 9.53. The third-order valence-corrected chi connectivity index (χ3v) is 4.99. The molecule has 1 fully saturated rings. The molecule has 1 aromatic heterocycles. The van der Waals surface area contributed by atoms with Gasteiger partial charge >= 0.3 is 11.9 Å². The van der Waals surface area contributed by atoms with Crippen molar-refractivity contribution in [2.24, 2.45) is 0 Å². The molecule has 11 nitrogen and oxygen atoms in total. The van der Waals surface area contributed by atoms with Gasteiger partial charge in [0.1, 0.15) is 12.0 Å². The lowest BCUT2D eigenvalue weighted by Crippen LogP contribution is -2.47. The molecule has 0 atom stereocenters. The number of aliphatic hydroxyl groups excluding tert-OH is 1. The van der Waals surface area contributed by atoms with Crippen molar-refractivity contribution in [2.45, 2.75) is 0 Å². The van der Waals surface area contributed by atoms with Crippen LogP contribution in [0.2, 0.25) is 0 Å². The van der Waals surface area contributed by atoms with Crippen molar-refractivity contribution in [2.75, 3.05) is 69.5 Å². The predicted molar refractivity (Wildman–Crippen MR) is 115 cm³/mol. The number of nitrogens with one attached hydrogen (secondary N) is 1. The third kappa shape index (κ3) is 5.19. The maximum Gasteiger partial charge on any atom is 0.337 e. The highest BCUT2D eigenvalue weighted by Gasteiger charge is 2.21. The first-order chi connectivity index (χ1) is 15.0. The van der Waals surface area contributed by atoms with Crippen LogP contribution in [0.15, 0.2) is 24.5 Å². The van der Waals surface area contributed by atoms with Crippen molar-refractivity contribution >= 4 is 34.9 Å². The molecule has 0 radical (unpaired) electrons. The largest absolute Gasteiger partial charge is 0.465 e. The number of hydrogen-bond acceptors (Lipinski definition) is 11. The van der Waals surface area contributed by atoms with Gasteiger partial charge in [0.25, 0.3) is 0 Å². The summed E-state index contributed by atoms with van der Waals surface area (Å²) in [5, 5.41) is 12.2. The molecule has 166 valence electrons. The number of esters is 2. The highest BCUT2D eigenvalue weighted by molar-refractivity contribution is 5.97. The lowest BCUT2D eigenvalue weighted by Gasteiger charge is -2.35. The van der Waals surface area contributed by atoms with Gasteiger partial charge in [0, 0.05) is 38.4 Å². The first-order valence-electron chi connectivity index (χ1n) is 9.74. The van der Waals surface area contributed by atoms with Crippen molar-refractivity contribution in [3.63, 3.8) is 0 Å². The number of hydrogen-bond donors (Lipinski definition) is 3. The first kappa shape index (κ1) is 22.2. The second-order valence-corrected chi connectivity index (χ2v) is 6.92. The lowest BCUT2D eigenvalue weighted by molar-refractivity contribution is 0.0599. The Morgan fingerprint density at radius 3 is 2.23 bits per heavy atom. The standard InChI is InChI=1S/C20H26N6O5/c1-30-19(28)13-9-14(20(29)31-2)11-15(10-13)24-17-16(21)18(23-12-22-17)26-5-3-25(4-6-26)7-8-27/h9-12,27H,3-8,21H2,1-2H3,(H,22,23,24). The minimum atomic E-state index is -0.592. The van der Waals surface area contributed by atoms with E-state index in [0.29, 0.717) is 42.6 Å². The van der Waals surface area contributed by atoms with E-state index in [4.69, 9.17) is 20.3 Å². The van der Waals surface area contributed by atoms with Crippen molar-refractivity contribution in [1.82, 2.24) is 14.9 Å². The number of rotatable bonds is 7. The average Bonchev–Trinajstić information content (AvgIpc) is 2.80. The van der Waals surface area contributed by atoms with Gasteiger partial charge in [-0.15, -0.1) is 0 Å². The smallest absolute Gasteiger partial charge is 0.337 e. The van der Waals surface area contributed by atoms with E-state index in [1.54, 1.807) is 0 Å². The quantitative estimate of drug-likeness (QED) is 0.528. The molecule has 0 aliphatic carbocycles. The Balaban J connectivity index is 1.85. The van der Waals surface area contributed by atoms with Crippen LogP contribution in [0, 0.1) is 0 Å². The predicted octanol–water partition coefficient (Wildman–Crippen LogP) is 0.490. The molecule has 0 bridgehead atoms. The van der Waals surface area contributed by atoms with Gasteiger partial charge in [-0.25, -0.2) is 19.6 Å². The Hall–Kier alpha value is -3.44. The molecule has 1 aliphatic heterocycles. The number of anilines is 4. The molecule has 0 amide bonds. The minimum absolute atomic E-state index is 0.127. The van der Waals surface area contributed by atoms with Crippen molar-refractivity contribution < 1.29 is 24.2 Å². The summed E-state index contributed by atoms with van der Waals surface area (Å²) in [5.41, 5.74) is 7.47. The molecular weight excluding hydrogens is 404 g/mol. The summed E-state index contributed by atoms with van der Waals surface area (Å²) in [6.45, 7) is 3.77. The number of carbonyl (C=O) groups is 2. The zero-order valence-corrected chi connectivity index (χ0v) is 17.5. The SMILES string of the molecule is COC(=O)c1cc(Nc2ncnc(N3CCN(CCO)CC3)c2N)cc(C(=O)OC)c1. The van der Waals surface area contributed by atoms with E-state index in [0.717, 1.165) is 13.1 Å². The topological polar surface area (TPSA) is 143 Å². The number of nitrogen functional groups attached to an aromatic ring is 1.